The van der Waals surface area contributed by atoms with Crippen molar-refractivity contribution in [2.75, 3.05) is 5.32 Å². The third kappa shape index (κ3) is 4.15. The molecule has 0 radical (unpaired) electrons. The minimum atomic E-state index is 0.0217. The zero-order valence-corrected chi connectivity index (χ0v) is 11.0. The Morgan fingerprint density at radius 3 is 2.82 bits per heavy atom. The highest BCUT2D eigenvalue weighted by atomic mass is 32.1. The van der Waals surface area contributed by atoms with E-state index in [1.165, 1.54) is 0 Å². The Balaban J connectivity index is 2.71. The predicted octanol–water partition coefficient (Wildman–Crippen LogP) is 2.70. The zero-order chi connectivity index (χ0) is 12.8. The second kappa shape index (κ2) is 6.35. The van der Waals surface area contributed by atoms with Crippen molar-refractivity contribution in [2.45, 2.75) is 26.7 Å². The number of hydrogen-bond donors (Lipinski definition) is 2. The summed E-state index contributed by atoms with van der Waals surface area (Å²) < 4.78 is 0. The van der Waals surface area contributed by atoms with Crippen LogP contribution in [0, 0.1) is 5.92 Å². The lowest BCUT2D eigenvalue weighted by atomic mass is 10.1. The molecule has 0 heterocycles. The van der Waals surface area contributed by atoms with E-state index >= 15 is 0 Å². The van der Waals surface area contributed by atoms with Crippen molar-refractivity contribution in [3.8, 4) is 0 Å². The molecule has 3 N–H and O–H groups in total. The fraction of sp³-hybridized carbons (Fsp3) is 0.385. The van der Waals surface area contributed by atoms with Crippen LogP contribution < -0.4 is 11.1 Å². The van der Waals surface area contributed by atoms with Gasteiger partial charge < -0.3 is 11.1 Å². The first-order valence-corrected chi connectivity index (χ1v) is 6.16. The maximum atomic E-state index is 11.8. The summed E-state index contributed by atoms with van der Waals surface area (Å²) >= 11 is 4.89. The lowest BCUT2D eigenvalue weighted by Gasteiger charge is -2.11. The van der Waals surface area contributed by atoms with Gasteiger partial charge in [-0.05, 0) is 18.6 Å². The Morgan fingerprint density at radius 1 is 1.53 bits per heavy atom. The summed E-state index contributed by atoms with van der Waals surface area (Å²) in [7, 11) is 0. The Kier molecular flexibility index (Phi) is 5.10. The molecule has 0 aromatic heterocycles. The van der Waals surface area contributed by atoms with Crippen molar-refractivity contribution in [2.24, 2.45) is 11.7 Å². The Bertz CT molecular complexity index is 418. The quantitative estimate of drug-likeness (QED) is 0.790. The van der Waals surface area contributed by atoms with Crippen molar-refractivity contribution >= 4 is 28.8 Å². The van der Waals surface area contributed by atoms with Crippen molar-refractivity contribution in [3.05, 3.63) is 29.8 Å². The number of carbonyl (C=O) groups excluding carboxylic acids is 1. The highest BCUT2D eigenvalue weighted by Gasteiger charge is 2.11. The van der Waals surface area contributed by atoms with E-state index in [9.17, 15) is 4.79 Å². The molecule has 0 fully saturated rings. The molecule has 0 aliphatic rings. The van der Waals surface area contributed by atoms with Gasteiger partial charge >= 0.3 is 0 Å². The molecule has 0 saturated carbocycles. The van der Waals surface area contributed by atoms with Gasteiger partial charge in [0.05, 0.1) is 0 Å². The minimum absolute atomic E-state index is 0.0217. The molecule has 1 amide bonds. The Hall–Kier alpha value is -1.42. The van der Waals surface area contributed by atoms with Crippen LogP contribution in [0.5, 0.6) is 0 Å². The number of nitrogens with one attached hydrogen (secondary N) is 1. The summed E-state index contributed by atoms with van der Waals surface area (Å²) in [6.45, 7) is 3.99. The van der Waals surface area contributed by atoms with E-state index in [1.807, 2.05) is 25.1 Å². The second-order valence-electron chi connectivity index (χ2n) is 4.12. The zero-order valence-electron chi connectivity index (χ0n) is 10.2. The Morgan fingerprint density at radius 2 is 2.24 bits per heavy atom. The molecular weight excluding hydrogens is 232 g/mol. The van der Waals surface area contributed by atoms with Crippen LogP contribution in [0.1, 0.15) is 32.3 Å². The van der Waals surface area contributed by atoms with Crippen molar-refractivity contribution in [1.29, 1.82) is 0 Å². The molecule has 0 bridgehead atoms. The SMILES string of the molecule is CCCC(C)C(=O)Nc1cccc(C(N)=S)c1. The number of carbonyl (C=O) groups is 1. The average Bonchev–Trinajstić information content (AvgIpc) is 2.29. The number of anilines is 1. The molecule has 1 unspecified atom stereocenters. The first-order chi connectivity index (χ1) is 8.04. The third-order valence-electron chi connectivity index (χ3n) is 2.58. The monoisotopic (exact) mass is 250 g/mol. The van der Waals surface area contributed by atoms with E-state index in [1.54, 1.807) is 6.07 Å². The maximum Gasteiger partial charge on any atom is 0.227 e. The van der Waals surface area contributed by atoms with Gasteiger partial charge in [0.15, 0.2) is 0 Å². The highest BCUT2D eigenvalue weighted by molar-refractivity contribution is 7.80. The first-order valence-electron chi connectivity index (χ1n) is 5.75. The maximum absolute atomic E-state index is 11.8. The Labute approximate surface area is 107 Å². The standard InChI is InChI=1S/C13H18N2OS/c1-3-5-9(2)13(16)15-11-7-4-6-10(8-11)12(14)17/h4,6-9H,3,5H2,1-2H3,(H2,14,17)(H,15,16). The largest absolute Gasteiger partial charge is 0.389 e. The average molecular weight is 250 g/mol. The predicted molar refractivity (Wildman–Crippen MR) is 75.0 cm³/mol. The van der Waals surface area contributed by atoms with Crippen LogP contribution in [0.2, 0.25) is 0 Å². The van der Waals surface area contributed by atoms with Gasteiger partial charge in [-0.15, -0.1) is 0 Å². The summed E-state index contributed by atoms with van der Waals surface area (Å²) in [5.41, 5.74) is 7.04. The van der Waals surface area contributed by atoms with Crippen molar-refractivity contribution in [3.63, 3.8) is 0 Å². The second-order valence-corrected chi connectivity index (χ2v) is 4.56. The third-order valence-corrected chi connectivity index (χ3v) is 2.82. The van der Waals surface area contributed by atoms with Crippen LogP contribution >= 0.6 is 12.2 Å². The van der Waals surface area contributed by atoms with Gasteiger partial charge in [-0.3, -0.25) is 4.79 Å². The summed E-state index contributed by atoms with van der Waals surface area (Å²) in [6.07, 6.45) is 1.89. The molecule has 1 aromatic rings. The first kappa shape index (κ1) is 13.6. The minimum Gasteiger partial charge on any atom is -0.389 e. The molecule has 1 aromatic carbocycles. The summed E-state index contributed by atoms with van der Waals surface area (Å²) in [5, 5.41) is 2.87. The molecule has 0 aliphatic heterocycles. The van der Waals surface area contributed by atoms with Gasteiger partial charge in [-0.25, -0.2) is 0 Å². The smallest absolute Gasteiger partial charge is 0.227 e. The number of benzene rings is 1. The molecular formula is C13H18N2OS. The van der Waals surface area contributed by atoms with Crippen LogP contribution in [0.4, 0.5) is 5.69 Å². The van der Waals surface area contributed by atoms with Crippen molar-refractivity contribution < 1.29 is 4.79 Å². The van der Waals surface area contributed by atoms with E-state index in [0.717, 1.165) is 24.1 Å². The topological polar surface area (TPSA) is 55.1 Å². The van der Waals surface area contributed by atoms with Gasteiger partial charge in [0.2, 0.25) is 5.91 Å². The number of amides is 1. The van der Waals surface area contributed by atoms with Gasteiger partial charge in [0, 0.05) is 17.2 Å². The molecule has 17 heavy (non-hydrogen) atoms. The number of nitrogens with two attached hydrogens (primary N) is 1. The van der Waals surface area contributed by atoms with Crippen molar-refractivity contribution in [1.82, 2.24) is 0 Å². The molecule has 92 valence electrons. The lowest BCUT2D eigenvalue weighted by Crippen LogP contribution is -2.20. The fourth-order valence-electron chi connectivity index (χ4n) is 1.58. The van der Waals surface area contributed by atoms with E-state index < -0.39 is 0 Å². The molecule has 0 saturated heterocycles. The van der Waals surface area contributed by atoms with Crippen LogP contribution in [0.25, 0.3) is 0 Å². The number of thiocarbonyl (C=S) groups is 1. The molecule has 4 heteroatoms. The molecule has 3 nitrogen and oxygen atoms in total. The van der Waals surface area contributed by atoms with E-state index in [4.69, 9.17) is 18.0 Å². The summed E-state index contributed by atoms with van der Waals surface area (Å²) in [4.78, 5) is 12.1. The van der Waals surface area contributed by atoms with Crippen LogP contribution in [0.3, 0.4) is 0 Å². The molecule has 0 aliphatic carbocycles. The number of hydrogen-bond acceptors (Lipinski definition) is 2. The van der Waals surface area contributed by atoms with Crippen LogP contribution in [0.15, 0.2) is 24.3 Å². The molecule has 1 atom stereocenters. The van der Waals surface area contributed by atoms with E-state index in [0.29, 0.717) is 4.99 Å². The van der Waals surface area contributed by atoms with E-state index in [-0.39, 0.29) is 11.8 Å². The lowest BCUT2D eigenvalue weighted by molar-refractivity contribution is -0.119. The fourth-order valence-corrected chi connectivity index (χ4v) is 1.71. The van der Waals surface area contributed by atoms with Gasteiger partial charge in [-0.1, -0.05) is 44.6 Å². The number of rotatable bonds is 5. The summed E-state index contributed by atoms with van der Waals surface area (Å²) in [6, 6.07) is 7.28. The van der Waals surface area contributed by atoms with Crippen LogP contribution in [-0.4, -0.2) is 10.9 Å². The summed E-state index contributed by atoms with van der Waals surface area (Å²) in [5.74, 6) is 0.0559. The van der Waals surface area contributed by atoms with Gasteiger partial charge in [0.1, 0.15) is 4.99 Å². The van der Waals surface area contributed by atoms with E-state index in [2.05, 4.69) is 12.2 Å². The molecule has 0 spiro atoms. The highest BCUT2D eigenvalue weighted by Crippen LogP contribution is 2.13. The van der Waals surface area contributed by atoms with Gasteiger partial charge in [0.25, 0.3) is 0 Å². The normalized spacial score (nSPS) is 11.9. The molecule has 1 rings (SSSR count). The van der Waals surface area contributed by atoms with Gasteiger partial charge in [-0.2, -0.15) is 0 Å². The van der Waals surface area contributed by atoms with Crippen LogP contribution in [-0.2, 0) is 4.79 Å².